The lowest BCUT2D eigenvalue weighted by molar-refractivity contribution is 0.296. The molecule has 1 aromatic heterocycles. The quantitative estimate of drug-likeness (QED) is 0.869. The van der Waals surface area contributed by atoms with E-state index in [1.807, 2.05) is 0 Å². The topological polar surface area (TPSA) is 29.9 Å². The first kappa shape index (κ1) is 13.6. The number of aromatic nitrogens is 2. The Labute approximate surface area is 111 Å². The van der Waals surface area contributed by atoms with Gasteiger partial charge in [-0.15, -0.1) is 0 Å². The van der Waals surface area contributed by atoms with E-state index in [0.717, 1.165) is 18.8 Å². The van der Waals surface area contributed by atoms with Crippen LogP contribution in [0, 0.1) is 5.92 Å². The Hall–Kier alpha value is -0.830. The molecule has 1 fully saturated rings. The Bertz CT molecular complexity index is 386. The SMILES string of the molecule is CCc1cc(CC2(CC(C)C)CCCN2)n(C)n1. The van der Waals surface area contributed by atoms with Crippen molar-refractivity contribution in [1.29, 1.82) is 0 Å². The summed E-state index contributed by atoms with van der Waals surface area (Å²) < 4.78 is 2.07. The van der Waals surface area contributed by atoms with Crippen molar-refractivity contribution in [3.8, 4) is 0 Å². The van der Waals surface area contributed by atoms with Gasteiger partial charge in [0.25, 0.3) is 0 Å². The highest BCUT2D eigenvalue weighted by molar-refractivity contribution is 5.15. The van der Waals surface area contributed by atoms with Crippen molar-refractivity contribution in [3.05, 3.63) is 17.5 Å². The van der Waals surface area contributed by atoms with Crippen LogP contribution < -0.4 is 5.32 Å². The van der Waals surface area contributed by atoms with Gasteiger partial charge in [0, 0.05) is 24.7 Å². The van der Waals surface area contributed by atoms with Gasteiger partial charge in [-0.3, -0.25) is 4.68 Å². The third kappa shape index (κ3) is 2.94. The van der Waals surface area contributed by atoms with Gasteiger partial charge in [-0.25, -0.2) is 0 Å². The van der Waals surface area contributed by atoms with Crippen LogP contribution in [0.2, 0.25) is 0 Å². The lowest BCUT2D eigenvalue weighted by atomic mass is 9.83. The van der Waals surface area contributed by atoms with E-state index in [2.05, 4.69) is 49.0 Å². The summed E-state index contributed by atoms with van der Waals surface area (Å²) in [5.41, 5.74) is 2.90. The van der Waals surface area contributed by atoms with Crippen molar-refractivity contribution >= 4 is 0 Å². The number of hydrogen-bond acceptors (Lipinski definition) is 2. The van der Waals surface area contributed by atoms with Crippen LogP contribution >= 0.6 is 0 Å². The molecule has 0 spiro atoms. The van der Waals surface area contributed by atoms with E-state index in [4.69, 9.17) is 0 Å². The van der Waals surface area contributed by atoms with Crippen LogP contribution in [0.1, 0.15) is 51.4 Å². The minimum atomic E-state index is 0.312. The molecule has 1 atom stereocenters. The largest absolute Gasteiger partial charge is 0.311 e. The first-order valence-corrected chi connectivity index (χ1v) is 7.31. The second-order valence-electron chi connectivity index (χ2n) is 6.19. The van der Waals surface area contributed by atoms with E-state index in [9.17, 15) is 0 Å². The van der Waals surface area contributed by atoms with Crippen molar-refractivity contribution in [2.45, 2.75) is 58.4 Å². The van der Waals surface area contributed by atoms with Crippen LogP contribution in [0.15, 0.2) is 6.07 Å². The minimum Gasteiger partial charge on any atom is -0.311 e. The first-order valence-electron chi connectivity index (χ1n) is 7.31. The van der Waals surface area contributed by atoms with Gasteiger partial charge in [0.2, 0.25) is 0 Å². The van der Waals surface area contributed by atoms with Gasteiger partial charge >= 0.3 is 0 Å². The van der Waals surface area contributed by atoms with Gasteiger partial charge in [-0.05, 0) is 44.2 Å². The summed E-state index contributed by atoms with van der Waals surface area (Å²) in [7, 11) is 2.08. The zero-order valence-electron chi connectivity index (χ0n) is 12.3. The Balaban J connectivity index is 2.15. The molecule has 0 aromatic carbocycles. The van der Waals surface area contributed by atoms with Gasteiger partial charge in [0.1, 0.15) is 0 Å². The van der Waals surface area contributed by atoms with Crippen molar-refractivity contribution in [1.82, 2.24) is 15.1 Å². The van der Waals surface area contributed by atoms with Gasteiger partial charge in [-0.1, -0.05) is 20.8 Å². The fourth-order valence-electron chi connectivity index (χ4n) is 3.30. The number of aryl methyl sites for hydroxylation is 2. The second kappa shape index (κ2) is 5.43. The zero-order chi connectivity index (χ0) is 13.2. The molecular formula is C15H27N3. The predicted octanol–water partition coefficient (Wildman–Crippen LogP) is 2.69. The lowest BCUT2D eigenvalue weighted by Crippen LogP contribution is -2.43. The fourth-order valence-corrected chi connectivity index (χ4v) is 3.30. The van der Waals surface area contributed by atoms with Crippen molar-refractivity contribution in [3.63, 3.8) is 0 Å². The van der Waals surface area contributed by atoms with Crippen LogP contribution in [-0.2, 0) is 19.9 Å². The van der Waals surface area contributed by atoms with E-state index >= 15 is 0 Å². The molecule has 0 bridgehead atoms. The highest BCUT2D eigenvalue weighted by atomic mass is 15.3. The van der Waals surface area contributed by atoms with Crippen molar-refractivity contribution in [2.24, 2.45) is 13.0 Å². The molecule has 1 aromatic rings. The van der Waals surface area contributed by atoms with Crippen LogP contribution in [0.5, 0.6) is 0 Å². The van der Waals surface area contributed by atoms with Gasteiger partial charge in [0.15, 0.2) is 0 Å². The Kier molecular flexibility index (Phi) is 4.10. The maximum Gasteiger partial charge on any atom is 0.0624 e. The van der Waals surface area contributed by atoms with E-state index in [1.165, 1.54) is 37.2 Å². The average Bonchev–Trinajstić information content (AvgIpc) is 2.87. The molecule has 1 aliphatic rings. The standard InChI is InChI=1S/C15H27N3/c1-5-13-9-14(18(4)17-13)11-15(10-12(2)3)7-6-8-16-15/h9,12,16H,5-8,10-11H2,1-4H3. The molecule has 1 N–H and O–H groups in total. The summed E-state index contributed by atoms with van der Waals surface area (Å²) in [4.78, 5) is 0. The monoisotopic (exact) mass is 249 g/mol. The summed E-state index contributed by atoms with van der Waals surface area (Å²) in [6, 6.07) is 2.28. The molecule has 2 heterocycles. The molecule has 2 rings (SSSR count). The molecule has 3 nitrogen and oxygen atoms in total. The average molecular weight is 249 g/mol. The molecule has 18 heavy (non-hydrogen) atoms. The van der Waals surface area contributed by atoms with E-state index in [-0.39, 0.29) is 0 Å². The number of nitrogens with one attached hydrogen (secondary N) is 1. The van der Waals surface area contributed by atoms with Crippen LogP contribution in [0.4, 0.5) is 0 Å². The second-order valence-corrected chi connectivity index (χ2v) is 6.19. The fraction of sp³-hybridized carbons (Fsp3) is 0.800. The predicted molar refractivity (Wildman–Crippen MR) is 75.7 cm³/mol. The molecule has 0 aliphatic carbocycles. The van der Waals surface area contributed by atoms with Crippen LogP contribution in [0.3, 0.4) is 0 Å². The van der Waals surface area contributed by atoms with Gasteiger partial charge in [-0.2, -0.15) is 5.10 Å². The highest BCUT2D eigenvalue weighted by Crippen LogP contribution is 2.30. The molecule has 0 radical (unpaired) electrons. The summed E-state index contributed by atoms with van der Waals surface area (Å²) in [5, 5.41) is 8.33. The smallest absolute Gasteiger partial charge is 0.0624 e. The summed E-state index contributed by atoms with van der Waals surface area (Å²) in [5.74, 6) is 0.745. The van der Waals surface area contributed by atoms with Gasteiger partial charge in [0.05, 0.1) is 5.69 Å². The normalized spacial score (nSPS) is 24.1. The van der Waals surface area contributed by atoms with Crippen LogP contribution in [0.25, 0.3) is 0 Å². The third-order valence-corrected chi connectivity index (χ3v) is 4.04. The Morgan fingerprint density at radius 2 is 2.28 bits per heavy atom. The first-order chi connectivity index (χ1) is 8.54. The number of rotatable bonds is 5. The Morgan fingerprint density at radius 3 is 2.78 bits per heavy atom. The van der Waals surface area contributed by atoms with Crippen LogP contribution in [-0.4, -0.2) is 21.9 Å². The van der Waals surface area contributed by atoms with Crippen molar-refractivity contribution in [2.75, 3.05) is 6.54 Å². The molecule has 1 saturated heterocycles. The molecular weight excluding hydrogens is 222 g/mol. The molecule has 3 heteroatoms. The van der Waals surface area contributed by atoms with E-state index < -0.39 is 0 Å². The minimum absolute atomic E-state index is 0.312. The zero-order valence-corrected chi connectivity index (χ0v) is 12.3. The van der Waals surface area contributed by atoms with Crippen molar-refractivity contribution < 1.29 is 0 Å². The molecule has 0 saturated carbocycles. The highest BCUT2D eigenvalue weighted by Gasteiger charge is 2.34. The maximum absolute atomic E-state index is 4.57. The molecule has 0 amide bonds. The third-order valence-electron chi connectivity index (χ3n) is 4.04. The molecule has 1 unspecified atom stereocenters. The summed E-state index contributed by atoms with van der Waals surface area (Å²) >= 11 is 0. The van der Waals surface area contributed by atoms with Gasteiger partial charge < -0.3 is 5.32 Å². The lowest BCUT2D eigenvalue weighted by Gasteiger charge is -2.31. The maximum atomic E-state index is 4.57. The molecule has 1 aliphatic heterocycles. The summed E-state index contributed by atoms with van der Waals surface area (Å²) in [6.07, 6.45) is 6.02. The number of nitrogens with zero attached hydrogens (tertiary/aromatic N) is 2. The molecule has 102 valence electrons. The van der Waals surface area contributed by atoms with E-state index in [1.54, 1.807) is 0 Å². The Morgan fingerprint density at radius 1 is 1.50 bits per heavy atom. The number of hydrogen-bond donors (Lipinski definition) is 1. The summed E-state index contributed by atoms with van der Waals surface area (Å²) in [6.45, 7) is 7.99. The van der Waals surface area contributed by atoms with E-state index in [0.29, 0.717) is 5.54 Å².